The average Bonchev–Trinajstić information content (AvgIpc) is 2.15. The number of hydrogen-bond acceptors (Lipinski definition) is 2. The molecule has 1 rings (SSSR count). The zero-order valence-corrected chi connectivity index (χ0v) is 6.97. The van der Waals surface area contributed by atoms with Crippen LogP contribution in [0.1, 0.15) is 11.7 Å². The third-order valence-electron chi connectivity index (χ3n) is 1.63. The molecule has 1 aromatic rings. The second kappa shape index (κ2) is 4.47. The summed E-state index contributed by atoms with van der Waals surface area (Å²) in [6.45, 7) is 0.0132. The van der Waals surface area contributed by atoms with Crippen molar-refractivity contribution in [2.45, 2.75) is 6.10 Å². The largest absolute Gasteiger partial charge is 0.465 e. The Hall–Kier alpha value is -1.55. The molecule has 0 bridgehead atoms. The van der Waals surface area contributed by atoms with E-state index in [-0.39, 0.29) is 6.54 Å². The number of benzene rings is 1. The number of nitrogens with one attached hydrogen (secondary N) is 1. The fourth-order valence-electron chi connectivity index (χ4n) is 0.977. The van der Waals surface area contributed by atoms with E-state index in [0.717, 1.165) is 0 Å². The fraction of sp³-hybridized carbons (Fsp3) is 0.222. The summed E-state index contributed by atoms with van der Waals surface area (Å²) in [6, 6.07) is 8.90. The summed E-state index contributed by atoms with van der Waals surface area (Å²) in [5.74, 6) is 0. The first-order chi connectivity index (χ1) is 6.20. The number of hydrogen-bond donors (Lipinski definition) is 3. The third kappa shape index (κ3) is 3.13. The first-order valence-electron chi connectivity index (χ1n) is 3.90. The molecular formula is C9H11NO3. The van der Waals surface area contributed by atoms with E-state index in [9.17, 15) is 9.90 Å². The molecule has 4 nitrogen and oxygen atoms in total. The Kier molecular flexibility index (Phi) is 3.28. The normalized spacial score (nSPS) is 12.1. The van der Waals surface area contributed by atoms with Crippen LogP contribution in [0.25, 0.3) is 0 Å². The van der Waals surface area contributed by atoms with Crippen LogP contribution >= 0.6 is 0 Å². The molecule has 0 unspecified atom stereocenters. The van der Waals surface area contributed by atoms with Crippen LogP contribution in [0.15, 0.2) is 30.3 Å². The van der Waals surface area contributed by atoms with Crippen LogP contribution in [-0.2, 0) is 0 Å². The van der Waals surface area contributed by atoms with Crippen molar-refractivity contribution >= 4 is 6.09 Å². The Morgan fingerprint density at radius 1 is 1.38 bits per heavy atom. The highest BCUT2D eigenvalue weighted by Crippen LogP contribution is 2.09. The lowest BCUT2D eigenvalue weighted by Crippen LogP contribution is -2.26. The molecule has 0 aliphatic heterocycles. The summed E-state index contributed by atoms with van der Waals surface area (Å²) in [7, 11) is 0. The van der Waals surface area contributed by atoms with Gasteiger partial charge in [0.05, 0.1) is 12.6 Å². The highest BCUT2D eigenvalue weighted by Gasteiger charge is 2.06. The quantitative estimate of drug-likeness (QED) is 0.651. The molecule has 1 aromatic carbocycles. The fourth-order valence-corrected chi connectivity index (χ4v) is 0.977. The van der Waals surface area contributed by atoms with E-state index in [1.165, 1.54) is 0 Å². The van der Waals surface area contributed by atoms with Crippen molar-refractivity contribution < 1.29 is 15.0 Å². The van der Waals surface area contributed by atoms with Gasteiger partial charge in [-0.3, -0.25) is 0 Å². The molecule has 1 amide bonds. The summed E-state index contributed by atoms with van der Waals surface area (Å²) >= 11 is 0. The molecule has 0 radical (unpaired) electrons. The van der Waals surface area contributed by atoms with Gasteiger partial charge in [-0.25, -0.2) is 4.79 Å². The molecular weight excluding hydrogens is 170 g/mol. The van der Waals surface area contributed by atoms with Crippen LogP contribution in [0.5, 0.6) is 0 Å². The SMILES string of the molecule is O=C(O)NC[C@H](O)c1ccccc1. The molecule has 13 heavy (non-hydrogen) atoms. The summed E-state index contributed by atoms with van der Waals surface area (Å²) in [6.07, 6.45) is -1.91. The lowest BCUT2D eigenvalue weighted by molar-refractivity contribution is 0.159. The smallest absolute Gasteiger partial charge is 0.404 e. The minimum Gasteiger partial charge on any atom is -0.465 e. The van der Waals surface area contributed by atoms with Crippen LogP contribution in [0.2, 0.25) is 0 Å². The second-order valence-electron chi connectivity index (χ2n) is 2.61. The van der Waals surface area contributed by atoms with E-state index in [0.29, 0.717) is 5.56 Å². The Balaban J connectivity index is 2.49. The van der Waals surface area contributed by atoms with Gasteiger partial charge in [0.1, 0.15) is 0 Å². The van der Waals surface area contributed by atoms with Gasteiger partial charge in [-0.15, -0.1) is 0 Å². The van der Waals surface area contributed by atoms with Crippen molar-refractivity contribution in [2.24, 2.45) is 0 Å². The molecule has 0 fully saturated rings. The van der Waals surface area contributed by atoms with Gasteiger partial charge in [0.25, 0.3) is 0 Å². The molecule has 0 heterocycles. The van der Waals surface area contributed by atoms with Crippen molar-refractivity contribution in [1.29, 1.82) is 0 Å². The van der Waals surface area contributed by atoms with Crippen LogP contribution in [0.4, 0.5) is 4.79 Å². The first kappa shape index (κ1) is 9.54. The van der Waals surface area contributed by atoms with Crippen molar-refractivity contribution in [3.05, 3.63) is 35.9 Å². The summed E-state index contributed by atoms with van der Waals surface area (Å²) in [5, 5.41) is 19.8. The topological polar surface area (TPSA) is 69.6 Å². The molecule has 0 spiro atoms. The second-order valence-corrected chi connectivity index (χ2v) is 2.61. The molecule has 0 aliphatic rings. The number of rotatable bonds is 3. The minimum absolute atomic E-state index is 0.0132. The maximum Gasteiger partial charge on any atom is 0.404 e. The highest BCUT2D eigenvalue weighted by molar-refractivity contribution is 5.64. The number of amides is 1. The number of carbonyl (C=O) groups is 1. The molecule has 4 heteroatoms. The van der Waals surface area contributed by atoms with Gasteiger partial charge in [0.2, 0.25) is 0 Å². The molecule has 0 saturated carbocycles. The minimum atomic E-state index is -1.13. The molecule has 0 aromatic heterocycles. The van der Waals surface area contributed by atoms with Gasteiger partial charge in [0.15, 0.2) is 0 Å². The van der Waals surface area contributed by atoms with Crippen molar-refractivity contribution in [1.82, 2.24) is 5.32 Å². The van der Waals surface area contributed by atoms with Crippen molar-refractivity contribution in [3.63, 3.8) is 0 Å². The Morgan fingerprint density at radius 3 is 2.54 bits per heavy atom. The first-order valence-corrected chi connectivity index (χ1v) is 3.90. The summed E-state index contributed by atoms with van der Waals surface area (Å²) in [4.78, 5) is 10.1. The highest BCUT2D eigenvalue weighted by atomic mass is 16.4. The van der Waals surface area contributed by atoms with Crippen molar-refractivity contribution in [2.75, 3.05) is 6.54 Å². The number of aliphatic hydroxyl groups excluding tert-OH is 1. The van der Waals surface area contributed by atoms with E-state index in [1.54, 1.807) is 24.3 Å². The maximum absolute atomic E-state index is 10.1. The van der Waals surface area contributed by atoms with E-state index in [2.05, 4.69) is 5.32 Å². The van der Waals surface area contributed by atoms with E-state index >= 15 is 0 Å². The van der Waals surface area contributed by atoms with Crippen molar-refractivity contribution in [3.8, 4) is 0 Å². The Labute approximate surface area is 75.8 Å². The Bertz CT molecular complexity index is 273. The van der Waals surface area contributed by atoms with E-state index in [1.807, 2.05) is 6.07 Å². The average molecular weight is 181 g/mol. The van der Waals surface area contributed by atoms with E-state index in [4.69, 9.17) is 5.11 Å². The monoisotopic (exact) mass is 181 g/mol. The lowest BCUT2D eigenvalue weighted by Gasteiger charge is -2.09. The van der Waals surface area contributed by atoms with Gasteiger partial charge < -0.3 is 15.5 Å². The molecule has 1 atom stereocenters. The predicted octanol–water partition coefficient (Wildman–Crippen LogP) is 0.988. The van der Waals surface area contributed by atoms with Gasteiger partial charge in [-0.2, -0.15) is 0 Å². The maximum atomic E-state index is 10.1. The molecule has 0 aliphatic carbocycles. The van der Waals surface area contributed by atoms with Crippen LogP contribution in [0, 0.1) is 0 Å². The van der Waals surface area contributed by atoms with Gasteiger partial charge >= 0.3 is 6.09 Å². The standard InChI is InChI=1S/C9H11NO3/c11-8(6-10-9(12)13)7-4-2-1-3-5-7/h1-5,8,10-11H,6H2,(H,12,13)/t8-/m0/s1. The zero-order chi connectivity index (χ0) is 9.68. The molecule has 70 valence electrons. The Morgan fingerprint density at radius 2 is 2.00 bits per heavy atom. The lowest BCUT2D eigenvalue weighted by atomic mass is 10.1. The van der Waals surface area contributed by atoms with Crippen LogP contribution < -0.4 is 5.32 Å². The van der Waals surface area contributed by atoms with Gasteiger partial charge in [-0.05, 0) is 5.56 Å². The molecule has 0 saturated heterocycles. The molecule has 3 N–H and O–H groups in total. The number of aliphatic hydroxyl groups is 1. The van der Waals surface area contributed by atoms with Gasteiger partial charge in [0, 0.05) is 0 Å². The predicted molar refractivity (Wildman–Crippen MR) is 47.4 cm³/mol. The zero-order valence-electron chi connectivity index (χ0n) is 6.97. The number of carboxylic acid groups (broad SMARTS) is 1. The third-order valence-corrected chi connectivity index (χ3v) is 1.63. The summed E-state index contributed by atoms with van der Waals surface area (Å²) in [5.41, 5.74) is 0.705. The van der Waals surface area contributed by atoms with E-state index < -0.39 is 12.2 Å². The van der Waals surface area contributed by atoms with Gasteiger partial charge in [-0.1, -0.05) is 30.3 Å². The van der Waals surface area contributed by atoms with Crippen LogP contribution in [-0.4, -0.2) is 22.9 Å². The summed E-state index contributed by atoms with van der Waals surface area (Å²) < 4.78 is 0. The van der Waals surface area contributed by atoms with Crippen LogP contribution in [0.3, 0.4) is 0 Å².